The van der Waals surface area contributed by atoms with Crippen LogP contribution >= 0.6 is 12.2 Å². The molecule has 0 saturated carbocycles. The SMILES string of the molecule is CCC(NC(=S)Nc1ccc(C(C)C)cc1)c1ccc(S(C)(=O)=O)cc1. The summed E-state index contributed by atoms with van der Waals surface area (Å²) in [5.41, 5.74) is 3.22. The predicted molar refractivity (Wildman–Crippen MR) is 112 cm³/mol. The highest BCUT2D eigenvalue weighted by Gasteiger charge is 2.13. The van der Waals surface area contributed by atoms with E-state index in [0.717, 1.165) is 17.7 Å². The summed E-state index contributed by atoms with van der Waals surface area (Å²) in [5.74, 6) is 0.494. The molecule has 0 aliphatic rings. The fourth-order valence-electron chi connectivity index (χ4n) is 2.65. The third-order valence-electron chi connectivity index (χ3n) is 4.26. The van der Waals surface area contributed by atoms with Gasteiger partial charge in [-0.25, -0.2) is 8.42 Å². The Morgan fingerprint density at radius 3 is 2.00 bits per heavy atom. The number of hydrogen-bond acceptors (Lipinski definition) is 3. The van der Waals surface area contributed by atoms with Crippen molar-refractivity contribution in [3.63, 3.8) is 0 Å². The van der Waals surface area contributed by atoms with Gasteiger partial charge in [0, 0.05) is 11.9 Å². The Hall–Kier alpha value is -1.92. The van der Waals surface area contributed by atoms with E-state index in [1.165, 1.54) is 11.8 Å². The van der Waals surface area contributed by atoms with Crippen molar-refractivity contribution in [2.24, 2.45) is 0 Å². The van der Waals surface area contributed by atoms with E-state index in [4.69, 9.17) is 12.2 Å². The molecule has 140 valence electrons. The highest BCUT2D eigenvalue weighted by atomic mass is 32.2. The Bertz CT molecular complexity index is 842. The summed E-state index contributed by atoms with van der Waals surface area (Å²) in [6.07, 6.45) is 2.04. The first-order valence-corrected chi connectivity index (χ1v) is 11.0. The molecule has 0 amide bonds. The lowest BCUT2D eigenvalue weighted by molar-refractivity contribution is 0.601. The van der Waals surface area contributed by atoms with Crippen LogP contribution in [0.4, 0.5) is 5.69 Å². The van der Waals surface area contributed by atoms with Crippen LogP contribution in [0.5, 0.6) is 0 Å². The van der Waals surface area contributed by atoms with Crippen LogP contribution in [0.1, 0.15) is 50.3 Å². The molecule has 2 rings (SSSR count). The lowest BCUT2D eigenvalue weighted by Crippen LogP contribution is -2.32. The zero-order chi connectivity index (χ0) is 19.3. The van der Waals surface area contributed by atoms with Crippen molar-refractivity contribution in [1.82, 2.24) is 5.32 Å². The first-order valence-electron chi connectivity index (χ1n) is 8.68. The average molecular weight is 391 g/mol. The predicted octanol–water partition coefficient (Wildman–Crippen LogP) is 4.65. The van der Waals surface area contributed by atoms with Crippen LogP contribution < -0.4 is 10.6 Å². The molecule has 2 aromatic carbocycles. The molecule has 0 saturated heterocycles. The monoisotopic (exact) mass is 390 g/mol. The van der Waals surface area contributed by atoms with Crippen LogP contribution in [0.25, 0.3) is 0 Å². The Labute approximate surface area is 161 Å². The van der Waals surface area contributed by atoms with E-state index >= 15 is 0 Å². The second kappa shape index (κ2) is 8.64. The van der Waals surface area contributed by atoms with E-state index in [1.807, 2.05) is 24.3 Å². The van der Waals surface area contributed by atoms with E-state index in [2.05, 4.69) is 43.5 Å². The van der Waals surface area contributed by atoms with Gasteiger partial charge in [-0.2, -0.15) is 0 Å². The van der Waals surface area contributed by atoms with Gasteiger partial charge in [0.05, 0.1) is 10.9 Å². The van der Waals surface area contributed by atoms with Crippen molar-refractivity contribution in [3.05, 3.63) is 59.7 Å². The summed E-state index contributed by atoms with van der Waals surface area (Å²) in [6, 6.07) is 15.2. The number of rotatable bonds is 6. The number of anilines is 1. The molecule has 0 aliphatic carbocycles. The highest BCUT2D eigenvalue weighted by Crippen LogP contribution is 2.20. The molecule has 26 heavy (non-hydrogen) atoms. The Morgan fingerprint density at radius 1 is 1.00 bits per heavy atom. The molecule has 0 aromatic heterocycles. The lowest BCUT2D eigenvalue weighted by atomic mass is 10.0. The van der Waals surface area contributed by atoms with E-state index in [1.54, 1.807) is 12.1 Å². The molecule has 0 bridgehead atoms. The summed E-state index contributed by atoms with van der Waals surface area (Å²) in [7, 11) is -3.18. The molecule has 4 nitrogen and oxygen atoms in total. The summed E-state index contributed by atoms with van der Waals surface area (Å²) >= 11 is 5.43. The normalized spacial score (nSPS) is 12.7. The van der Waals surface area contributed by atoms with E-state index < -0.39 is 9.84 Å². The van der Waals surface area contributed by atoms with Crippen LogP contribution in [0.15, 0.2) is 53.4 Å². The van der Waals surface area contributed by atoms with Crippen LogP contribution in [0, 0.1) is 0 Å². The number of nitrogens with one attached hydrogen (secondary N) is 2. The van der Waals surface area contributed by atoms with Crippen LogP contribution in [-0.4, -0.2) is 19.8 Å². The van der Waals surface area contributed by atoms with Crippen LogP contribution in [-0.2, 0) is 9.84 Å². The van der Waals surface area contributed by atoms with E-state index in [0.29, 0.717) is 15.9 Å². The third kappa shape index (κ3) is 5.54. The molecule has 6 heteroatoms. The molecule has 2 aromatic rings. The van der Waals surface area contributed by atoms with Crippen LogP contribution in [0.2, 0.25) is 0 Å². The molecule has 0 heterocycles. The summed E-state index contributed by atoms with van der Waals surface area (Å²) in [4.78, 5) is 0.321. The molecule has 0 aliphatic heterocycles. The second-order valence-corrected chi connectivity index (χ2v) is 9.10. The number of sulfone groups is 1. The molecule has 1 atom stereocenters. The van der Waals surface area contributed by atoms with Gasteiger partial charge in [0.2, 0.25) is 0 Å². The Morgan fingerprint density at radius 2 is 1.54 bits per heavy atom. The first kappa shape index (κ1) is 20.4. The molecule has 0 spiro atoms. The summed E-state index contributed by atoms with van der Waals surface area (Å²) < 4.78 is 23.2. The minimum atomic E-state index is -3.18. The van der Waals surface area contributed by atoms with Gasteiger partial charge in [0.15, 0.2) is 14.9 Å². The summed E-state index contributed by atoms with van der Waals surface area (Å²) in [6.45, 7) is 6.38. The van der Waals surface area contributed by atoms with Crippen molar-refractivity contribution >= 4 is 32.9 Å². The molecular formula is C20H26N2O2S2. The second-order valence-electron chi connectivity index (χ2n) is 6.68. The van der Waals surface area contributed by atoms with Gasteiger partial charge in [0.25, 0.3) is 0 Å². The Kier molecular flexibility index (Phi) is 6.78. The first-order chi connectivity index (χ1) is 12.2. The van der Waals surface area contributed by atoms with Gasteiger partial charge < -0.3 is 10.6 Å². The number of hydrogen-bond donors (Lipinski definition) is 2. The smallest absolute Gasteiger partial charge is 0.175 e. The van der Waals surface area contributed by atoms with E-state index in [-0.39, 0.29) is 6.04 Å². The zero-order valence-electron chi connectivity index (χ0n) is 15.6. The molecule has 0 radical (unpaired) electrons. The molecule has 2 N–H and O–H groups in total. The van der Waals surface area contributed by atoms with Crippen molar-refractivity contribution in [1.29, 1.82) is 0 Å². The lowest BCUT2D eigenvalue weighted by Gasteiger charge is -2.20. The maximum Gasteiger partial charge on any atom is 0.175 e. The fraction of sp³-hybridized carbons (Fsp3) is 0.350. The molecular weight excluding hydrogens is 364 g/mol. The topological polar surface area (TPSA) is 58.2 Å². The standard InChI is InChI=1S/C20H26N2O2S2/c1-5-19(16-8-12-18(13-9-16)26(4,23)24)22-20(25)21-17-10-6-15(7-11-17)14(2)3/h6-14,19H,5H2,1-4H3,(H2,21,22,25). The van der Waals surface area contributed by atoms with Gasteiger partial charge in [0.1, 0.15) is 0 Å². The zero-order valence-corrected chi connectivity index (χ0v) is 17.2. The van der Waals surface area contributed by atoms with Gasteiger partial charge >= 0.3 is 0 Å². The van der Waals surface area contributed by atoms with Gasteiger partial charge in [-0.3, -0.25) is 0 Å². The quantitative estimate of drug-likeness (QED) is 0.703. The van der Waals surface area contributed by atoms with Crippen molar-refractivity contribution in [2.75, 3.05) is 11.6 Å². The minimum absolute atomic E-state index is 0.0125. The van der Waals surface area contributed by atoms with Gasteiger partial charge in [-0.1, -0.05) is 45.0 Å². The highest BCUT2D eigenvalue weighted by molar-refractivity contribution is 7.90. The summed E-state index contributed by atoms with van der Waals surface area (Å²) in [5, 5.41) is 7.04. The third-order valence-corrected chi connectivity index (χ3v) is 5.61. The molecule has 0 fully saturated rings. The Balaban J connectivity index is 2.03. The van der Waals surface area contributed by atoms with Crippen LogP contribution in [0.3, 0.4) is 0 Å². The largest absolute Gasteiger partial charge is 0.356 e. The van der Waals surface area contributed by atoms with Gasteiger partial charge in [-0.05, 0) is 59.9 Å². The van der Waals surface area contributed by atoms with Crippen molar-refractivity contribution < 1.29 is 8.42 Å². The average Bonchev–Trinajstić information content (AvgIpc) is 2.59. The molecule has 1 unspecified atom stereocenters. The number of thiocarbonyl (C=S) groups is 1. The fourth-order valence-corrected chi connectivity index (χ4v) is 3.54. The van der Waals surface area contributed by atoms with Gasteiger partial charge in [-0.15, -0.1) is 0 Å². The van der Waals surface area contributed by atoms with Crippen molar-refractivity contribution in [2.45, 2.75) is 44.0 Å². The number of benzene rings is 2. The van der Waals surface area contributed by atoms with Crippen molar-refractivity contribution in [3.8, 4) is 0 Å². The minimum Gasteiger partial charge on any atom is -0.356 e. The van der Waals surface area contributed by atoms with E-state index in [9.17, 15) is 8.42 Å². The maximum atomic E-state index is 11.6. The maximum absolute atomic E-state index is 11.6.